The van der Waals surface area contributed by atoms with E-state index in [0.29, 0.717) is 23.2 Å². The second kappa shape index (κ2) is 9.73. The molecule has 2 aliphatic rings. The van der Waals surface area contributed by atoms with Crippen LogP contribution in [0.15, 0.2) is 72.3 Å². The number of aliphatic hydroxyl groups is 1. The monoisotopic (exact) mass is 525 g/mol. The third-order valence-corrected chi connectivity index (χ3v) is 7.25. The number of Topliss-reactive ketones (excluding diaryl/α,β-unsaturated/α-hetero) is 1. The molecule has 2 atom stereocenters. The Morgan fingerprint density at radius 2 is 1.72 bits per heavy atom. The van der Waals surface area contributed by atoms with Gasteiger partial charge in [-0.3, -0.25) is 14.5 Å². The van der Waals surface area contributed by atoms with Crippen molar-refractivity contribution in [2.75, 3.05) is 12.0 Å². The number of ketones is 1. The average Bonchev–Trinajstić information content (AvgIpc) is 3.42. The Balaban J connectivity index is 1.68. The minimum absolute atomic E-state index is 0.0149. The summed E-state index contributed by atoms with van der Waals surface area (Å²) in [6.45, 7) is 8.27. The molecule has 3 aromatic carbocycles. The van der Waals surface area contributed by atoms with Crippen LogP contribution in [-0.4, -0.2) is 36.0 Å². The number of carbonyl (C=O) groups is 3. The van der Waals surface area contributed by atoms with Crippen LogP contribution in [-0.2, 0) is 26.2 Å². The molecule has 2 heterocycles. The normalized spacial score (nSPS) is 20.1. The first kappa shape index (κ1) is 26.2. The zero-order chi connectivity index (χ0) is 28.1. The van der Waals surface area contributed by atoms with Crippen LogP contribution in [0.25, 0.3) is 5.76 Å². The van der Waals surface area contributed by atoms with Crippen LogP contribution in [0.2, 0.25) is 0 Å². The van der Waals surface area contributed by atoms with Crippen molar-refractivity contribution >= 4 is 29.1 Å². The van der Waals surface area contributed by atoms with Crippen LogP contribution < -0.4 is 9.64 Å². The van der Waals surface area contributed by atoms with E-state index in [1.807, 2.05) is 31.2 Å². The van der Waals surface area contributed by atoms with Gasteiger partial charge in [0.25, 0.3) is 11.7 Å². The number of hydrogen-bond acceptors (Lipinski definition) is 6. The average molecular weight is 526 g/mol. The van der Waals surface area contributed by atoms with Crippen LogP contribution in [0, 0.1) is 0 Å². The first-order valence-corrected chi connectivity index (χ1v) is 12.9. The van der Waals surface area contributed by atoms with Crippen LogP contribution in [0.3, 0.4) is 0 Å². The van der Waals surface area contributed by atoms with Gasteiger partial charge in [-0.15, -0.1) is 0 Å². The molecule has 1 amide bonds. The molecule has 7 nitrogen and oxygen atoms in total. The number of carbonyl (C=O) groups excluding carboxylic acids is 3. The minimum atomic E-state index is -0.907. The fourth-order valence-corrected chi connectivity index (χ4v) is 5.21. The second-order valence-corrected chi connectivity index (χ2v) is 11.0. The molecule has 5 rings (SSSR count). The zero-order valence-electron chi connectivity index (χ0n) is 22.6. The highest BCUT2D eigenvalue weighted by Gasteiger charge is 2.47. The van der Waals surface area contributed by atoms with Gasteiger partial charge in [0.2, 0.25) is 0 Å². The lowest BCUT2D eigenvalue weighted by molar-refractivity contribution is -0.132. The molecule has 2 aliphatic heterocycles. The predicted octanol–water partition coefficient (Wildman–Crippen LogP) is 5.72. The van der Waals surface area contributed by atoms with Gasteiger partial charge < -0.3 is 14.6 Å². The van der Waals surface area contributed by atoms with Crippen molar-refractivity contribution in [3.63, 3.8) is 0 Å². The van der Waals surface area contributed by atoms with Gasteiger partial charge in [0.15, 0.2) is 0 Å². The maximum Gasteiger partial charge on any atom is 0.337 e. The molecular formula is C32H31NO6. The molecule has 7 heteroatoms. The van der Waals surface area contributed by atoms with Crippen molar-refractivity contribution in [2.24, 2.45) is 0 Å². The Morgan fingerprint density at radius 1 is 1.00 bits per heavy atom. The highest BCUT2D eigenvalue weighted by atomic mass is 16.5. The fourth-order valence-electron chi connectivity index (χ4n) is 5.21. The number of benzene rings is 3. The summed E-state index contributed by atoms with van der Waals surface area (Å²) in [5.74, 6) is -1.66. The molecule has 0 saturated carbocycles. The van der Waals surface area contributed by atoms with Crippen LogP contribution >= 0.6 is 0 Å². The first-order chi connectivity index (χ1) is 18.5. The number of esters is 1. The number of rotatable bonds is 4. The van der Waals surface area contributed by atoms with Crippen LogP contribution in [0.1, 0.15) is 66.3 Å². The molecule has 39 heavy (non-hydrogen) atoms. The number of methoxy groups -OCH3 is 1. The summed E-state index contributed by atoms with van der Waals surface area (Å²) in [5, 5.41) is 11.5. The third-order valence-electron chi connectivity index (χ3n) is 7.25. The molecular weight excluding hydrogens is 494 g/mol. The number of hydrogen-bond donors (Lipinski definition) is 1. The molecule has 1 saturated heterocycles. The van der Waals surface area contributed by atoms with Crippen molar-refractivity contribution in [1.29, 1.82) is 0 Å². The maximum atomic E-state index is 13.5. The molecule has 0 radical (unpaired) electrons. The molecule has 0 aromatic heterocycles. The molecule has 1 N–H and O–H groups in total. The van der Waals surface area contributed by atoms with Gasteiger partial charge >= 0.3 is 5.97 Å². The Bertz CT molecular complexity index is 1510. The largest absolute Gasteiger partial charge is 0.507 e. The van der Waals surface area contributed by atoms with Crippen molar-refractivity contribution in [3.8, 4) is 5.75 Å². The molecule has 200 valence electrons. The standard InChI is InChI=1S/C32H31NO6/c1-18-15-22-16-20(11-14-25(22)39-18)28(34)26-27(19-9-12-23(13-10-19)32(2,3)4)33(30(36)29(26)35)24-8-6-7-21(17-24)31(37)38-5/h6-14,16-18,27,34H,15H2,1-5H3/b28-26-. The number of ether oxygens (including phenoxy) is 2. The highest BCUT2D eigenvalue weighted by molar-refractivity contribution is 6.51. The van der Waals surface area contributed by atoms with Gasteiger partial charge in [-0.2, -0.15) is 0 Å². The van der Waals surface area contributed by atoms with E-state index in [4.69, 9.17) is 9.47 Å². The van der Waals surface area contributed by atoms with Crippen LogP contribution in [0.4, 0.5) is 5.69 Å². The summed E-state index contributed by atoms with van der Waals surface area (Å²) in [5.41, 5.74) is 3.58. The maximum absolute atomic E-state index is 13.5. The topological polar surface area (TPSA) is 93.1 Å². The number of aliphatic hydroxyl groups excluding tert-OH is 1. The summed E-state index contributed by atoms with van der Waals surface area (Å²) in [4.78, 5) is 40.7. The van der Waals surface area contributed by atoms with E-state index < -0.39 is 23.7 Å². The number of anilines is 1. The Morgan fingerprint density at radius 3 is 2.38 bits per heavy atom. The summed E-state index contributed by atoms with van der Waals surface area (Å²) < 4.78 is 10.6. The highest BCUT2D eigenvalue weighted by Crippen LogP contribution is 2.43. The molecule has 0 spiro atoms. The zero-order valence-corrected chi connectivity index (χ0v) is 22.6. The van der Waals surface area contributed by atoms with E-state index in [1.54, 1.807) is 36.4 Å². The summed E-state index contributed by atoms with van der Waals surface area (Å²) in [6.07, 6.45) is 0.703. The van der Waals surface area contributed by atoms with E-state index in [0.717, 1.165) is 16.9 Å². The molecule has 1 fully saturated rings. The lowest BCUT2D eigenvalue weighted by Gasteiger charge is -2.27. The van der Waals surface area contributed by atoms with Gasteiger partial charge in [-0.05, 0) is 65.4 Å². The van der Waals surface area contributed by atoms with Crippen molar-refractivity contribution < 1.29 is 29.0 Å². The summed E-state index contributed by atoms with van der Waals surface area (Å²) in [6, 6.07) is 18.4. The smallest absolute Gasteiger partial charge is 0.337 e. The number of amides is 1. The molecule has 2 unspecified atom stereocenters. The Hall–Kier alpha value is -4.39. The van der Waals surface area contributed by atoms with Gasteiger partial charge in [-0.25, -0.2) is 4.79 Å². The van der Waals surface area contributed by atoms with Crippen molar-refractivity contribution in [1.82, 2.24) is 0 Å². The second-order valence-electron chi connectivity index (χ2n) is 11.0. The molecule has 0 aliphatic carbocycles. The lowest BCUT2D eigenvalue weighted by atomic mass is 9.85. The third kappa shape index (κ3) is 4.69. The Labute approximate surface area is 227 Å². The minimum Gasteiger partial charge on any atom is -0.507 e. The predicted molar refractivity (Wildman–Crippen MR) is 148 cm³/mol. The lowest BCUT2D eigenvalue weighted by Crippen LogP contribution is -2.29. The van der Waals surface area contributed by atoms with Gasteiger partial charge in [-0.1, -0.05) is 51.1 Å². The van der Waals surface area contributed by atoms with Gasteiger partial charge in [0.05, 0.1) is 24.3 Å². The number of nitrogens with zero attached hydrogens (tertiary/aromatic N) is 1. The number of fused-ring (bicyclic) bond motifs is 1. The summed E-state index contributed by atoms with van der Waals surface area (Å²) in [7, 11) is 1.28. The van der Waals surface area contributed by atoms with E-state index in [9.17, 15) is 19.5 Å². The Kier molecular flexibility index (Phi) is 6.54. The van der Waals surface area contributed by atoms with Crippen LogP contribution in [0.5, 0.6) is 5.75 Å². The molecule has 3 aromatic rings. The van der Waals surface area contributed by atoms with Gasteiger partial charge in [0.1, 0.15) is 17.6 Å². The van der Waals surface area contributed by atoms with E-state index in [-0.39, 0.29) is 28.4 Å². The van der Waals surface area contributed by atoms with E-state index >= 15 is 0 Å². The summed E-state index contributed by atoms with van der Waals surface area (Å²) >= 11 is 0. The molecule has 0 bridgehead atoms. The first-order valence-electron chi connectivity index (χ1n) is 12.9. The quantitative estimate of drug-likeness (QED) is 0.203. The SMILES string of the molecule is COC(=O)c1cccc(N2C(=O)C(=O)/C(=C(\O)c3ccc4c(c3)CC(C)O4)C2c2ccc(C(C)(C)C)cc2)c1. The van der Waals surface area contributed by atoms with Crippen molar-refractivity contribution in [3.05, 3.63) is 100 Å². The van der Waals surface area contributed by atoms with E-state index in [1.165, 1.54) is 18.1 Å². The fraction of sp³-hybridized carbons (Fsp3) is 0.281. The van der Waals surface area contributed by atoms with E-state index in [2.05, 4.69) is 20.8 Å². The van der Waals surface area contributed by atoms with Crippen molar-refractivity contribution in [2.45, 2.75) is 51.7 Å². The van der Waals surface area contributed by atoms with Gasteiger partial charge in [0, 0.05) is 17.7 Å².